The van der Waals surface area contributed by atoms with Crippen molar-refractivity contribution in [1.82, 2.24) is 0 Å². The Balaban J connectivity index is 2.20. The molecule has 21 heavy (non-hydrogen) atoms. The van der Waals surface area contributed by atoms with Gasteiger partial charge in [0, 0.05) is 5.69 Å². The molecular formula is C16H16N2O3. The fraction of sp³-hybridized carbons (Fsp3) is 0.125. The highest BCUT2D eigenvalue weighted by Gasteiger charge is 2.18. The van der Waals surface area contributed by atoms with Crippen molar-refractivity contribution in [1.29, 1.82) is 0 Å². The van der Waals surface area contributed by atoms with E-state index in [2.05, 4.69) is 5.32 Å². The number of nitrogens with two attached hydrogens (primary N) is 1. The van der Waals surface area contributed by atoms with Crippen molar-refractivity contribution in [2.75, 3.05) is 5.32 Å². The van der Waals surface area contributed by atoms with E-state index in [1.165, 1.54) is 6.92 Å². The molecule has 5 heteroatoms. The number of esters is 1. The summed E-state index contributed by atoms with van der Waals surface area (Å²) < 4.78 is 5.02. The smallest absolute Gasteiger partial charge is 0.341 e. The van der Waals surface area contributed by atoms with Gasteiger partial charge in [-0.05, 0) is 31.2 Å². The van der Waals surface area contributed by atoms with Gasteiger partial charge in [0.2, 0.25) is 0 Å². The third-order valence-electron chi connectivity index (χ3n) is 2.88. The number of carbonyl (C=O) groups excluding carboxylic acids is 2. The molecule has 0 radical (unpaired) electrons. The first-order valence-corrected chi connectivity index (χ1v) is 6.49. The highest BCUT2D eigenvalue weighted by atomic mass is 16.5. The van der Waals surface area contributed by atoms with Gasteiger partial charge >= 0.3 is 5.97 Å². The van der Waals surface area contributed by atoms with Crippen LogP contribution < -0.4 is 11.1 Å². The number of para-hydroxylation sites is 2. The van der Waals surface area contributed by atoms with Gasteiger partial charge in [0.1, 0.15) is 0 Å². The van der Waals surface area contributed by atoms with Gasteiger partial charge < -0.3 is 15.8 Å². The second-order valence-corrected chi connectivity index (χ2v) is 4.49. The molecule has 0 aliphatic heterocycles. The van der Waals surface area contributed by atoms with E-state index < -0.39 is 18.0 Å². The van der Waals surface area contributed by atoms with E-state index in [0.29, 0.717) is 11.3 Å². The third-order valence-corrected chi connectivity index (χ3v) is 2.88. The lowest BCUT2D eigenvalue weighted by atomic mass is 10.1. The van der Waals surface area contributed by atoms with Crippen LogP contribution in [0.5, 0.6) is 0 Å². The Morgan fingerprint density at radius 2 is 1.67 bits per heavy atom. The summed E-state index contributed by atoms with van der Waals surface area (Å²) in [6.07, 6.45) is -0.970. The lowest BCUT2D eigenvalue weighted by molar-refractivity contribution is -0.125. The topological polar surface area (TPSA) is 81.4 Å². The molecule has 0 fully saturated rings. The van der Waals surface area contributed by atoms with Crippen LogP contribution in [0.1, 0.15) is 17.3 Å². The van der Waals surface area contributed by atoms with E-state index in [1.807, 2.05) is 30.3 Å². The molecule has 2 aromatic carbocycles. The van der Waals surface area contributed by atoms with Crippen LogP contribution >= 0.6 is 0 Å². The summed E-state index contributed by atoms with van der Waals surface area (Å²) in [5, 5.41) is 3.14. The minimum absolute atomic E-state index is 0.342. The molecule has 0 saturated heterocycles. The minimum Gasteiger partial charge on any atom is -0.449 e. The van der Waals surface area contributed by atoms with E-state index >= 15 is 0 Å². The van der Waals surface area contributed by atoms with Gasteiger partial charge in [0.25, 0.3) is 5.91 Å². The van der Waals surface area contributed by atoms with Gasteiger partial charge in [-0.2, -0.15) is 0 Å². The second kappa shape index (κ2) is 6.56. The summed E-state index contributed by atoms with van der Waals surface area (Å²) in [5.41, 5.74) is 6.88. The number of nitrogens with one attached hydrogen (secondary N) is 1. The maximum Gasteiger partial charge on any atom is 0.341 e. The average molecular weight is 284 g/mol. The van der Waals surface area contributed by atoms with E-state index in [1.54, 1.807) is 24.3 Å². The molecule has 0 saturated carbocycles. The highest BCUT2D eigenvalue weighted by Crippen LogP contribution is 2.21. The Kier molecular flexibility index (Phi) is 4.56. The van der Waals surface area contributed by atoms with E-state index in [9.17, 15) is 9.59 Å². The van der Waals surface area contributed by atoms with E-state index in [0.717, 1.165) is 5.69 Å². The summed E-state index contributed by atoms with van der Waals surface area (Å²) >= 11 is 0. The maximum absolute atomic E-state index is 12.1. The number of primary amides is 1. The average Bonchev–Trinajstić information content (AvgIpc) is 2.48. The Morgan fingerprint density at radius 3 is 2.33 bits per heavy atom. The van der Waals surface area contributed by atoms with Crippen LogP contribution in [0.3, 0.4) is 0 Å². The van der Waals surface area contributed by atoms with Crippen molar-refractivity contribution in [2.24, 2.45) is 5.73 Å². The van der Waals surface area contributed by atoms with Crippen molar-refractivity contribution < 1.29 is 14.3 Å². The van der Waals surface area contributed by atoms with Crippen LogP contribution in [-0.4, -0.2) is 18.0 Å². The zero-order valence-corrected chi connectivity index (χ0v) is 11.6. The van der Waals surface area contributed by atoms with Crippen LogP contribution in [0.25, 0.3) is 0 Å². The summed E-state index contributed by atoms with van der Waals surface area (Å²) in [4.78, 5) is 23.1. The Hall–Kier alpha value is -2.82. The first-order chi connectivity index (χ1) is 10.1. The summed E-state index contributed by atoms with van der Waals surface area (Å²) in [6.45, 7) is 1.44. The number of hydrogen-bond donors (Lipinski definition) is 2. The molecule has 0 aliphatic carbocycles. The summed E-state index contributed by atoms with van der Waals surface area (Å²) in [5.74, 6) is -1.28. The number of hydrogen-bond acceptors (Lipinski definition) is 4. The lowest BCUT2D eigenvalue weighted by Gasteiger charge is -2.13. The monoisotopic (exact) mass is 284 g/mol. The fourth-order valence-corrected chi connectivity index (χ4v) is 1.73. The molecule has 1 amide bonds. The van der Waals surface area contributed by atoms with Crippen molar-refractivity contribution in [3.05, 3.63) is 60.2 Å². The molecule has 0 heterocycles. The molecule has 2 aromatic rings. The number of ether oxygens (including phenoxy) is 1. The van der Waals surface area contributed by atoms with Crippen LogP contribution in [0.15, 0.2) is 54.6 Å². The maximum atomic E-state index is 12.1. The standard InChI is InChI=1S/C16H16N2O3/c1-11(15(17)19)21-16(20)13-9-5-6-10-14(13)18-12-7-3-2-4-8-12/h2-11,18H,1H3,(H2,17,19)/t11-/m0/s1. The second-order valence-electron chi connectivity index (χ2n) is 4.49. The molecule has 3 N–H and O–H groups in total. The summed E-state index contributed by atoms with van der Waals surface area (Å²) in [6, 6.07) is 16.4. The lowest BCUT2D eigenvalue weighted by Crippen LogP contribution is -2.30. The predicted octanol–water partition coefficient (Wildman–Crippen LogP) is 2.46. The Labute approximate surface area is 122 Å². The number of anilines is 2. The van der Waals surface area contributed by atoms with Crippen LogP contribution in [0.4, 0.5) is 11.4 Å². The minimum atomic E-state index is -0.970. The van der Waals surface area contributed by atoms with Gasteiger partial charge in [-0.1, -0.05) is 30.3 Å². The van der Waals surface area contributed by atoms with E-state index in [4.69, 9.17) is 10.5 Å². The third kappa shape index (κ3) is 3.82. The molecule has 0 unspecified atom stereocenters. The van der Waals surface area contributed by atoms with Gasteiger partial charge in [-0.15, -0.1) is 0 Å². The number of carbonyl (C=O) groups is 2. The predicted molar refractivity (Wildman–Crippen MR) is 80.2 cm³/mol. The van der Waals surface area contributed by atoms with Crippen LogP contribution in [-0.2, 0) is 9.53 Å². The molecule has 0 aliphatic rings. The molecule has 2 rings (SSSR count). The molecular weight excluding hydrogens is 268 g/mol. The molecule has 0 bridgehead atoms. The molecule has 1 atom stereocenters. The molecule has 5 nitrogen and oxygen atoms in total. The normalized spacial score (nSPS) is 11.5. The zero-order chi connectivity index (χ0) is 15.2. The number of rotatable bonds is 5. The zero-order valence-electron chi connectivity index (χ0n) is 11.6. The Bertz CT molecular complexity index is 641. The first kappa shape index (κ1) is 14.6. The van der Waals surface area contributed by atoms with E-state index in [-0.39, 0.29) is 0 Å². The fourth-order valence-electron chi connectivity index (χ4n) is 1.73. The van der Waals surface area contributed by atoms with Crippen LogP contribution in [0.2, 0.25) is 0 Å². The number of benzene rings is 2. The van der Waals surface area contributed by atoms with Gasteiger partial charge in [0.05, 0.1) is 11.3 Å². The van der Waals surface area contributed by atoms with Crippen LogP contribution in [0, 0.1) is 0 Å². The quantitative estimate of drug-likeness (QED) is 0.826. The molecule has 0 aromatic heterocycles. The Morgan fingerprint density at radius 1 is 1.05 bits per heavy atom. The van der Waals surface area contributed by atoms with Gasteiger partial charge in [-0.3, -0.25) is 4.79 Å². The molecule has 0 spiro atoms. The van der Waals surface area contributed by atoms with Crippen molar-refractivity contribution in [3.63, 3.8) is 0 Å². The SMILES string of the molecule is C[C@H](OC(=O)c1ccccc1Nc1ccccc1)C(N)=O. The largest absolute Gasteiger partial charge is 0.449 e. The number of amides is 1. The van der Waals surface area contributed by atoms with Gasteiger partial charge in [-0.25, -0.2) is 4.79 Å². The van der Waals surface area contributed by atoms with Crippen molar-refractivity contribution in [2.45, 2.75) is 13.0 Å². The van der Waals surface area contributed by atoms with Crippen molar-refractivity contribution in [3.8, 4) is 0 Å². The summed E-state index contributed by atoms with van der Waals surface area (Å²) in [7, 11) is 0. The highest BCUT2D eigenvalue weighted by molar-refractivity contribution is 5.97. The molecule has 108 valence electrons. The van der Waals surface area contributed by atoms with Crippen molar-refractivity contribution >= 4 is 23.3 Å². The van der Waals surface area contributed by atoms with Gasteiger partial charge in [0.15, 0.2) is 6.10 Å². The first-order valence-electron chi connectivity index (χ1n) is 6.49.